The molecule has 0 aromatic carbocycles. The minimum atomic E-state index is -0.301. The predicted octanol–water partition coefficient (Wildman–Crippen LogP) is 5.59. The molecule has 0 atom stereocenters. The molecule has 4 heteroatoms. The third-order valence-electron chi connectivity index (χ3n) is 5.07. The van der Waals surface area contributed by atoms with Crippen LogP contribution >= 0.6 is 0 Å². The minimum Gasteiger partial charge on any atom is -0.466 e. The summed E-state index contributed by atoms with van der Waals surface area (Å²) in [6, 6.07) is 0. The van der Waals surface area contributed by atoms with Crippen LogP contribution in [0.4, 0.5) is 0 Å². The van der Waals surface area contributed by atoms with Crippen LogP contribution in [0.3, 0.4) is 0 Å². The SMILES string of the molecule is CCOC(=O)CCNC(=O)C=C(C)C=CC=C(C)C=CC1=C(C)CCCC1(C)C. The van der Waals surface area contributed by atoms with E-state index in [1.54, 1.807) is 6.92 Å². The van der Waals surface area contributed by atoms with Gasteiger partial charge in [0.15, 0.2) is 0 Å². The Hall–Kier alpha value is -2.36. The molecule has 1 amide bonds. The number of amides is 1. The second-order valence-electron chi connectivity index (χ2n) is 8.27. The van der Waals surface area contributed by atoms with E-state index < -0.39 is 0 Å². The minimum absolute atomic E-state index is 0.184. The average molecular weight is 400 g/mol. The predicted molar refractivity (Wildman–Crippen MR) is 120 cm³/mol. The lowest BCUT2D eigenvalue weighted by Gasteiger charge is -2.32. The fourth-order valence-electron chi connectivity index (χ4n) is 3.46. The zero-order valence-corrected chi connectivity index (χ0v) is 18.9. The quantitative estimate of drug-likeness (QED) is 0.312. The zero-order chi connectivity index (χ0) is 21.9. The van der Waals surface area contributed by atoms with Crippen molar-refractivity contribution in [3.63, 3.8) is 0 Å². The molecular formula is C25H37NO3. The van der Waals surface area contributed by atoms with E-state index in [1.165, 1.54) is 36.5 Å². The Morgan fingerprint density at radius 1 is 1.17 bits per heavy atom. The van der Waals surface area contributed by atoms with Gasteiger partial charge in [-0.2, -0.15) is 0 Å². The van der Waals surface area contributed by atoms with Gasteiger partial charge >= 0.3 is 5.97 Å². The van der Waals surface area contributed by atoms with Crippen molar-refractivity contribution < 1.29 is 14.3 Å². The topological polar surface area (TPSA) is 55.4 Å². The van der Waals surface area contributed by atoms with E-state index in [-0.39, 0.29) is 30.3 Å². The third-order valence-corrected chi connectivity index (χ3v) is 5.07. The maximum absolute atomic E-state index is 11.9. The van der Waals surface area contributed by atoms with Crippen molar-refractivity contribution in [1.29, 1.82) is 0 Å². The van der Waals surface area contributed by atoms with Crippen LogP contribution in [0.2, 0.25) is 0 Å². The molecule has 1 aliphatic carbocycles. The summed E-state index contributed by atoms with van der Waals surface area (Å²) in [7, 11) is 0. The zero-order valence-electron chi connectivity index (χ0n) is 18.9. The summed E-state index contributed by atoms with van der Waals surface area (Å²) in [5, 5.41) is 2.69. The molecule has 0 radical (unpaired) electrons. The van der Waals surface area contributed by atoms with E-state index in [0.29, 0.717) is 6.61 Å². The lowest BCUT2D eigenvalue weighted by atomic mass is 9.72. The first-order valence-corrected chi connectivity index (χ1v) is 10.5. The number of ether oxygens (including phenoxy) is 1. The summed E-state index contributed by atoms with van der Waals surface area (Å²) >= 11 is 0. The van der Waals surface area contributed by atoms with Crippen molar-refractivity contribution in [1.82, 2.24) is 5.32 Å². The van der Waals surface area contributed by atoms with Crippen molar-refractivity contribution in [2.75, 3.05) is 13.2 Å². The molecule has 0 unspecified atom stereocenters. The third kappa shape index (κ3) is 9.60. The van der Waals surface area contributed by atoms with Crippen molar-refractivity contribution in [2.24, 2.45) is 5.41 Å². The van der Waals surface area contributed by atoms with Crippen molar-refractivity contribution in [3.8, 4) is 0 Å². The number of nitrogens with one attached hydrogen (secondary N) is 1. The van der Waals surface area contributed by atoms with Crippen LogP contribution in [-0.4, -0.2) is 25.0 Å². The highest BCUT2D eigenvalue weighted by Gasteiger charge is 2.26. The summed E-state index contributed by atoms with van der Waals surface area (Å²) in [5.74, 6) is -0.511. The number of allylic oxidation sites excluding steroid dienone is 9. The molecule has 160 valence electrons. The average Bonchev–Trinajstić information content (AvgIpc) is 2.60. The van der Waals surface area contributed by atoms with E-state index in [4.69, 9.17) is 4.74 Å². The fourth-order valence-corrected chi connectivity index (χ4v) is 3.46. The molecule has 0 fully saturated rings. The highest BCUT2D eigenvalue weighted by atomic mass is 16.5. The molecule has 0 aromatic rings. The van der Waals surface area contributed by atoms with Gasteiger partial charge in [0.1, 0.15) is 0 Å². The maximum atomic E-state index is 11.9. The van der Waals surface area contributed by atoms with Crippen LogP contribution in [-0.2, 0) is 14.3 Å². The van der Waals surface area contributed by atoms with E-state index in [9.17, 15) is 9.59 Å². The summed E-state index contributed by atoms with van der Waals surface area (Å²) < 4.78 is 4.82. The molecule has 0 aromatic heterocycles. The van der Waals surface area contributed by atoms with Crippen LogP contribution < -0.4 is 5.32 Å². The molecule has 0 bridgehead atoms. The molecular weight excluding hydrogens is 362 g/mol. The molecule has 29 heavy (non-hydrogen) atoms. The van der Waals surface area contributed by atoms with Crippen LogP contribution in [0, 0.1) is 5.41 Å². The molecule has 0 spiro atoms. The summed E-state index contributed by atoms with van der Waals surface area (Å²) in [4.78, 5) is 23.1. The van der Waals surface area contributed by atoms with Gasteiger partial charge in [0, 0.05) is 12.6 Å². The van der Waals surface area contributed by atoms with Gasteiger partial charge in [-0.05, 0) is 63.5 Å². The molecule has 0 heterocycles. The molecule has 1 rings (SSSR count). The first kappa shape index (κ1) is 24.7. The lowest BCUT2D eigenvalue weighted by molar-refractivity contribution is -0.142. The van der Waals surface area contributed by atoms with Gasteiger partial charge in [-0.15, -0.1) is 0 Å². The number of hydrogen-bond donors (Lipinski definition) is 1. The Morgan fingerprint density at radius 2 is 1.90 bits per heavy atom. The lowest BCUT2D eigenvalue weighted by Crippen LogP contribution is -2.24. The van der Waals surface area contributed by atoms with Crippen molar-refractivity contribution >= 4 is 11.9 Å². The number of esters is 1. The van der Waals surface area contributed by atoms with Gasteiger partial charge in [0.05, 0.1) is 13.0 Å². The largest absolute Gasteiger partial charge is 0.466 e. The van der Waals surface area contributed by atoms with Crippen LogP contribution in [0.5, 0.6) is 0 Å². The van der Waals surface area contributed by atoms with Gasteiger partial charge in [-0.25, -0.2) is 0 Å². The van der Waals surface area contributed by atoms with E-state index in [2.05, 4.69) is 45.2 Å². The first-order chi connectivity index (χ1) is 13.7. The van der Waals surface area contributed by atoms with Crippen LogP contribution in [0.25, 0.3) is 0 Å². The smallest absolute Gasteiger partial charge is 0.307 e. The first-order valence-electron chi connectivity index (χ1n) is 10.5. The monoisotopic (exact) mass is 399 g/mol. The van der Waals surface area contributed by atoms with Gasteiger partial charge < -0.3 is 10.1 Å². The van der Waals surface area contributed by atoms with Crippen LogP contribution in [0.1, 0.15) is 67.2 Å². The van der Waals surface area contributed by atoms with E-state index >= 15 is 0 Å². The Bertz CT molecular complexity index is 733. The normalized spacial score (nSPS) is 17.9. The second-order valence-corrected chi connectivity index (χ2v) is 8.27. The Balaban J connectivity index is 2.57. The van der Waals surface area contributed by atoms with Crippen LogP contribution in [0.15, 0.2) is 58.7 Å². The number of carbonyl (C=O) groups excluding carboxylic acids is 2. The highest BCUT2D eigenvalue weighted by Crippen LogP contribution is 2.40. The Morgan fingerprint density at radius 3 is 2.55 bits per heavy atom. The number of rotatable bonds is 9. The summed E-state index contributed by atoms with van der Waals surface area (Å²) in [6.45, 7) is 13.2. The van der Waals surface area contributed by atoms with Crippen molar-refractivity contribution in [3.05, 3.63) is 58.7 Å². The van der Waals surface area contributed by atoms with E-state index in [1.807, 2.05) is 25.2 Å². The highest BCUT2D eigenvalue weighted by molar-refractivity contribution is 5.88. The van der Waals surface area contributed by atoms with Gasteiger partial charge in [-0.3, -0.25) is 9.59 Å². The van der Waals surface area contributed by atoms with Gasteiger partial charge in [0.25, 0.3) is 0 Å². The molecule has 0 saturated carbocycles. The second kappa shape index (κ2) is 12.3. The molecule has 1 N–H and O–H groups in total. The standard InChI is InChI=1S/C25H37NO3/c1-7-29-24(28)15-17-26-23(27)18-20(3)11-8-10-19(2)13-14-22-21(4)12-9-16-25(22,5)6/h8,10-11,13-14,18H,7,9,12,15-17H2,1-6H3,(H,26,27). The Kier molecular flexibility index (Phi) is 10.4. The van der Waals surface area contributed by atoms with Crippen molar-refractivity contribution in [2.45, 2.75) is 67.2 Å². The molecule has 1 aliphatic rings. The molecule has 0 aliphatic heterocycles. The Labute approximate surface area is 176 Å². The summed E-state index contributed by atoms with van der Waals surface area (Å²) in [6.07, 6.45) is 15.7. The fraction of sp³-hybridized carbons (Fsp3) is 0.520. The molecule has 4 nitrogen and oxygen atoms in total. The van der Waals surface area contributed by atoms with Gasteiger partial charge in [-0.1, -0.05) is 55.4 Å². The van der Waals surface area contributed by atoms with Gasteiger partial charge in [0.2, 0.25) is 5.91 Å². The number of hydrogen-bond acceptors (Lipinski definition) is 3. The summed E-state index contributed by atoms with van der Waals surface area (Å²) in [5.41, 5.74) is 5.20. The molecule has 0 saturated heterocycles. The van der Waals surface area contributed by atoms with E-state index in [0.717, 1.165) is 11.1 Å². The number of carbonyl (C=O) groups is 2. The maximum Gasteiger partial charge on any atom is 0.307 e.